The predicted molar refractivity (Wildman–Crippen MR) is 70.3 cm³/mol. The highest BCUT2D eigenvalue weighted by Crippen LogP contribution is 2.42. The van der Waals surface area contributed by atoms with Gasteiger partial charge in [0.05, 0.1) is 0 Å². The van der Waals surface area contributed by atoms with Crippen LogP contribution in [0.5, 0.6) is 0 Å². The number of hydrogen-bond donors (Lipinski definition) is 0. The summed E-state index contributed by atoms with van der Waals surface area (Å²) in [5, 5.41) is 0. The molecular weight excluding hydrogens is 182 g/mol. The minimum absolute atomic E-state index is 0.627. The molecule has 0 aromatic heterocycles. The molecule has 0 N–H and O–H groups in total. The number of nitrogens with zero attached hydrogens (tertiary/aromatic N) is 1. The van der Waals surface area contributed by atoms with Crippen LogP contribution in [-0.2, 0) is 0 Å². The summed E-state index contributed by atoms with van der Waals surface area (Å²) >= 11 is 0. The van der Waals surface area contributed by atoms with Crippen LogP contribution in [0.1, 0.15) is 66.7 Å². The maximum absolute atomic E-state index is 2.58. The Hall–Kier alpha value is -0.0400. The fourth-order valence-corrected chi connectivity index (χ4v) is 3.29. The molecule has 1 heterocycles. The molecule has 0 amide bonds. The first-order valence-electron chi connectivity index (χ1n) is 6.90. The van der Waals surface area contributed by atoms with Crippen LogP contribution in [0, 0.1) is 5.41 Å². The lowest BCUT2D eigenvalue weighted by atomic mass is 9.68. The molecule has 1 aliphatic rings. The van der Waals surface area contributed by atoms with Gasteiger partial charge < -0.3 is 4.90 Å². The monoisotopic (exact) mass is 213 g/mol. The van der Waals surface area contributed by atoms with Gasteiger partial charge in [-0.3, -0.25) is 0 Å². The van der Waals surface area contributed by atoms with Gasteiger partial charge in [0.25, 0.3) is 0 Å². The molecule has 0 aromatic carbocycles. The first-order valence-corrected chi connectivity index (χ1v) is 6.90. The lowest BCUT2D eigenvalue weighted by molar-refractivity contribution is 0.0206. The van der Waals surface area contributed by atoms with Gasteiger partial charge in [0, 0.05) is 6.04 Å². The van der Waals surface area contributed by atoms with E-state index in [1.54, 1.807) is 0 Å². The number of piperidine rings is 1. The Labute approximate surface area is 97.2 Å². The number of rotatable bonds is 3. The summed E-state index contributed by atoms with van der Waals surface area (Å²) in [6.45, 7) is 12.4. The molecule has 0 radical (unpaired) electrons. The van der Waals surface area contributed by atoms with E-state index in [1.807, 2.05) is 13.8 Å². The SMILES string of the molecule is CC.CCC1N(C)CCCC1(CC)CC. The van der Waals surface area contributed by atoms with Crippen molar-refractivity contribution < 1.29 is 0 Å². The fourth-order valence-electron chi connectivity index (χ4n) is 3.29. The van der Waals surface area contributed by atoms with E-state index in [2.05, 4.69) is 32.7 Å². The minimum atomic E-state index is 0.627. The molecule has 1 rings (SSSR count). The topological polar surface area (TPSA) is 3.24 Å². The van der Waals surface area contributed by atoms with Gasteiger partial charge in [0.1, 0.15) is 0 Å². The van der Waals surface area contributed by atoms with E-state index in [0.717, 1.165) is 6.04 Å². The van der Waals surface area contributed by atoms with E-state index in [0.29, 0.717) is 5.41 Å². The minimum Gasteiger partial charge on any atom is -0.303 e. The molecule has 1 nitrogen and oxygen atoms in total. The third-order valence-electron chi connectivity index (χ3n) is 4.22. The summed E-state index contributed by atoms with van der Waals surface area (Å²) in [5.41, 5.74) is 0.627. The summed E-state index contributed by atoms with van der Waals surface area (Å²) in [6.07, 6.45) is 6.87. The maximum atomic E-state index is 2.58. The molecule has 1 unspecified atom stereocenters. The Balaban J connectivity index is 0.000000921. The van der Waals surface area contributed by atoms with E-state index in [-0.39, 0.29) is 0 Å². The van der Waals surface area contributed by atoms with Crippen LogP contribution in [-0.4, -0.2) is 24.5 Å². The van der Waals surface area contributed by atoms with Gasteiger partial charge in [-0.05, 0) is 51.1 Å². The number of likely N-dealkylation sites (tertiary alicyclic amines) is 1. The van der Waals surface area contributed by atoms with Crippen LogP contribution >= 0.6 is 0 Å². The van der Waals surface area contributed by atoms with Crippen LogP contribution in [0.15, 0.2) is 0 Å². The van der Waals surface area contributed by atoms with Crippen molar-refractivity contribution in [3.8, 4) is 0 Å². The summed E-state index contributed by atoms with van der Waals surface area (Å²) in [5.74, 6) is 0. The largest absolute Gasteiger partial charge is 0.303 e. The third kappa shape index (κ3) is 3.21. The molecule has 1 heteroatoms. The molecule has 92 valence electrons. The second kappa shape index (κ2) is 7.27. The molecule has 1 atom stereocenters. The van der Waals surface area contributed by atoms with E-state index in [1.165, 1.54) is 38.6 Å². The van der Waals surface area contributed by atoms with E-state index in [4.69, 9.17) is 0 Å². The zero-order chi connectivity index (χ0) is 11.9. The van der Waals surface area contributed by atoms with E-state index in [9.17, 15) is 0 Å². The van der Waals surface area contributed by atoms with Crippen LogP contribution in [0.3, 0.4) is 0 Å². The summed E-state index contributed by atoms with van der Waals surface area (Å²) in [4.78, 5) is 2.58. The molecule has 0 spiro atoms. The molecule has 1 aliphatic heterocycles. The Morgan fingerprint density at radius 3 is 2.00 bits per heavy atom. The zero-order valence-electron chi connectivity index (χ0n) is 11.8. The van der Waals surface area contributed by atoms with Gasteiger partial charge in [-0.1, -0.05) is 34.6 Å². The first-order chi connectivity index (χ1) is 7.20. The Morgan fingerprint density at radius 1 is 1.13 bits per heavy atom. The van der Waals surface area contributed by atoms with Crippen molar-refractivity contribution in [2.75, 3.05) is 13.6 Å². The zero-order valence-corrected chi connectivity index (χ0v) is 11.8. The van der Waals surface area contributed by atoms with Gasteiger partial charge in [-0.2, -0.15) is 0 Å². The van der Waals surface area contributed by atoms with Crippen LogP contribution < -0.4 is 0 Å². The van der Waals surface area contributed by atoms with E-state index >= 15 is 0 Å². The van der Waals surface area contributed by atoms with Gasteiger partial charge in [-0.25, -0.2) is 0 Å². The lowest BCUT2D eigenvalue weighted by Gasteiger charge is -2.48. The molecule has 1 saturated heterocycles. The second-order valence-electron chi connectivity index (χ2n) is 4.58. The molecular formula is C14H31N. The summed E-state index contributed by atoms with van der Waals surface area (Å²) < 4.78 is 0. The Morgan fingerprint density at radius 2 is 1.67 bits per heavy atom. The second-order valence-corrected chi connectivity index (χ2v) is 4.58. The number of hydrogen-bond acceptors (Lipinski definition) is 1. The predicted octanol–water partition coefficient (Wildman–Crippen LogP) is 4.32. The highest BCUT2D eigenvalue weighted by Gasteiger charge is 2.39. The van der Waals surface area contributed by atoms with Crippen LogP contribution in [0.4, 0.5) is 0 Å². The van der Waals surface area contributed by atoms with Gasteiger partial charge in [-0.15, -0.1) is 0 Å². The van der Waals surface area contributed by atoms with Crippen molar-refractivity contribution in [3.05, 3.63) is 0 Å². The van der Waals surface area contributed by atoms with Crippen molar-refractivity contribution in [2.45, 2.75) is 72.8 Å². The molecule has 0 bridgehead atoms. The highest BCUT2D eigenvalue weighted by molar-refractivity contribution is 4.92. The molecule has 1 fully saturated rings. The normalized spacial score (nSPS) is 25.6. The smallest absolute Gasteiger partial charge is 0.0146 e. The lowest BCUT2D eigenvalue weighted by Crippen LogP contribution is -2.49. The molecule has 15 heavy (non-hydrogen) atoms. The van der Waals surface area contributed by atoms with Crippen molar-refractivity contribution in [1.82, 2.24) is 4.90 Å². The Kier molecular flexibility index (Phi) is 7.25. The van der Waals surface area contributed by atoms with Crippen LogP contribution in [0.25, 0.3) is 0 Å². The van der Waals surface area contributed by atoms with Gasteiger partial charge >= 0.3 is 0 Å². The van der Waals surface area contributed by atoms with Gasteiger partial charge in [0.15, 0.2) is 0 Å². The van der Waals surface area contributed by atoms with Crippen LogP contribution in [0.2, 0.25) is 0 Å². The summed E-state index contributed by atoms with van der Waals surface area (Å²) in [7, 11) is 2.30. The molecule has 0 aliphatic carbocycles. The van der Waals surface area contributed by atoms with Crippen molar-refractivity contribution in [2.24, 2.45) is 5.41 Å². The van der Waals surface area contributed by atoms with E-state index < -0.39 is 0 Å². The highest BCUT2D eigenvalue weighted by atomic mass is 15.1. The first kappa shape index (κ1) is 15.0. The third-order valence-corrected chi connectivity index (χ3v) is 4.22. The van der Waals surface area contributed by atoms with Crippen molar-refractivity contribution in [3.63, 3.8) is 0 Å². The van der Waals surface area contributed by atoms with Gasteiger partial charge in [0.2, 0.25) is 0 Å². The maximum Gasteiger partial charge on any atom is 0.0146 e. The van der Waals surface area contributed by atoms with Crippen molar-refractivity contribution in [1.29, 1.82) is 0 Å². The fraction of sp³-hybridized carbons (Fsp3) is 1.00. The molecule has 0 saturated carbocycles. The standard InChI is InChI=1S/C12H25N.C2H6/c1-5-11-12(6-2,7-3)9-8-10-13(11)4;1-2/h11H,5-10H2,1-4H3;1-2H3. The summed E-state index contributed by atoms with van der Waals surface area (Å²) in [6, 6.07) is 0.830. The quantitative estimate of drug-likeness (QED) is 0.675. The van der Waals surface area contributed by atoms with Crippen molar-refractivity contribution >= 4 is 0 Å². The average Bonchev–Trinajstić information content (AvgIpc) is 2.31. The molecule has 0 aromatic rings. The Bertz CT molecular complexity index is 149. The average molecular weight is 213 g/mol.